The number of fused-ring (bicyclic) bond motifs is 7. The SMILES string of the molecule is CC(C)(C)C1=CC2=C(C#CC1)N(c1ccc(C(C)(C)C)cc1C1=CC=CCC1)c1cc(C(C)(C)C)cc3c1B2c1c(oc2cc4c(cc12)C(C)(C)CCC4(C)C)N3c1ccc2c(c1)C(C)(C)CCC2(C)C. The standard InChI is InChI=1S/C67H79BN2O/c1-61(2,3)42-24-21-25-54-52(35-42)68-58-47-39-50-51(67(16,17)33-32-66(50,14)15)40-57(47)71-60(58)69(45-27-28-48-49(38-45)65(12,13)31-30-64(48,10)11)55-36-44(63(7,8)9)37-56(59(55)68)70(54)53-29-26-43(62(4,5)6)34-46(53)41-22-19-18-20-23-41/h18-19,22,26-29,34-40H,20,23-24,30-33H2,1-17H3. The van der Waals surface area contributed by atoms with Crippen LogP contribution in [0.5, 0.6) is 0 Å². The molecule has 2 aliphatic heterocycles. The van der Waals surface area contributed by atoms with Gasteiger partial charge in [-0.3, -0.25) is 4.90 Å². The van der Waals surface area contributed by atoms with Gasteiger partial charge in [0.1, 0.15) is 5.58 Å². The lowest BCUT2D eigenvalue weighted by molar-refractivity contribution is 0.332. The Labute approximate surface area is 428 Å². The first-order valence-electron chi connectivity index (χ1n) is 27.1. The van der Waals surface area contributed by atoms with Crippen LogP contribution < -0.4 is 20.7 Å². The highest BCUT2D eigenvalue weighted by molar-refractivity contribution is 6.97. The molecule has 6 aliphatic rings. The van der Waals surface area contributed by atoms with Gasteiger partial charge in [0.2, 0.25) is 5.88 Å². The van der Waals surface area contributed by atoms with Crippen molar-refractivity contribution in [2.75, 3.05) is 9.80 Å². The summed E-state index contributed by atoms with van der Waals surface area (Å²) in [5.41, 5.74) is 23.1. The van der Waals surface area contributed by atoms with Gasteiger partial charge >= 0.3 is 0 Å². The molecule has 366 valence electrons. The van der Waals surface area contributed by atoms with Gasteiger partial charge in [-0.25, -0.2) is 0 Å². The summed E-state index contributed by atoms with van der Waals surface area (Å²) >= 11 is 0. The second-order valence-electron chi connectivity index (χ2n) is 28.1. The van der Waals surface area contributed by atoms with E-state index in [0.29, 0.717) is 0 Å². The molecule has 0 saturated carbocycles. The Balaban J connectivity index is 1.32. The third-order valence-corrected chi connectivity index (χ3v) is 18.1. The Kier molecular flexibility index (Phi) is 10.5. The van der Waals surface area contributed by atoms with Crippen molar-refractivity contribution in [1.29, 1.82) is 0 Å². The molecular formula is C67H79BN2O. The van der Waals surface area contributed by atoms with Gasteiger partial charge in [-0.15, -0.1) is 0 Å². The monoisotopic (exact) mass is 939 g/mol. The summed E-state index contributed by atoms with van der Waals surface area (Å²) in [7, 11) is 0. The molecule has 3 nitrogen and oxygen atoms in total. The number of hydrogen-bond donors (Lipinski definition) is 0. The number of anilines is 5. The van der Waals surface area contributed by atoms with E-state index in [-0.39, 0.29) is 44.6 Å². The molecule has 0 saturated heterocycles. The Hall–Kier alpha value is -5.40. The summed E-state index contributed by atoms with van der Waals surface area (Å²) in [6.45, 7) is 40.7. The van der Waals surface area contributed by atoms with Crippen molar-refractivity contribution in [2.24, 2.45) is 5.41 Å². The summed E-state index contributed by atoms with van der Waals surface area (Å²) in [6, 6.07) is 24.9. The van der Waals surface area contributed by atoms with Gasteiger partial charge in [-0.2, -0.15) is 0 Å². The maximum absolute atomic E-state index is 7.68. The summed E-state index contributed by atoms with van der Waals surface area (Å²) < 4.78 is 7.68. The van der Waals surface area contributed by atoms with E-state index in [1.807, 2.05) is 0 Å². The Morgan fingerprint density at radius 1 is 0.592 bits per heavy atom. The van der Waals surface area contributed by atoms with E-state index in [4.69, 9.17) is 4.42 Å². The molecular weight excluding hydrogens is 860 g/mol. The zero-order chi connectivity index (χ0) is 50.7. The van der Waals surface area contributed by atoms with Crippen molar-refractivity contribution in [2.45, 2.75) is 195 Å². The van der Waals surface area contributed by atoms with Crippen molar-refractivity contribution in [1.82, 2.24) is 0 Å². The molecule has 0 unspecified atom stereocenters. The third kappa shape index (κ3) is 7.59. The molecule has 4 aromatic carbocycles. The maximum Gasteiger partial charge on any atom is 0.258 e. The zero-order valence-electron chi connectivity index (χ0n) is 46.4. The van der Waals surface area contributed by atoms with Crippen LogP contribution in [0.1, 0.15) is 202 Å². The second-order valence-corrected chi connectivity index (χ2v) is 28.1. The normalized spacial score (nSPS) is 20.5. The van der Waals surface area contributed by atoms with Gasteiger partial charge in [-0.05, 0) is 181 Å². The quantitative estimate of drug-likeness (QED) is 0.133. The fourth-order valence-electron chi connectivity index (χ4n) is 13.0. The van der Waals surface area contributed by atoms with Crippen molar-refractivity contribution >= 4 is 62.8 Å². The average Bonchev–Trinajstić information content (AvgIpc) is 3.50. The molecule has 0 spiro atoms. The molecule has 0 atom stereocenters. The van der Waals surface area contributed by atoms with E-state index in [9.17, 15) is 0 Å². The first kappa shape index (κ1) is 47.9. The van der Waals surface area contributed by atoms with Gasteiger partial charge in [0.05, 0.1) is 11.4 Å². The highest BCUT2D eigenvalue weighted by Crippen LogP contribution is 2.54. The molecule has 3 heterocycles. The number of nitrogens with zero attached hydrogens (tertiary/aromatic N) is 2. The molecule has 0 bridgehead atoms. The topological polar surface area (TPSA) is 19.6 Å². The Bertz CT molecular complexity index is 3300. The zero-order valence-corrected chi connectivity index (χ0v) is 46.4. The summed E-state index contributed by atoms with van der Waals surface area (Å²) in [4.78, 5) is 5.18. The van der Waals surface area contributed by atoms with Crippen LogP contribution in [0.3, 0.4) is 0 Å². The van der Waals surface area contributed by atoms with Gasteiger partial charge in [0.25, 0.3) is 6.71 Å². The van der Waals surface area contributed by atoms with Crippen LogP contribution in [0.2, 0.25) is 0 Å². The van der Waals surface area contributed by atoms with Crippen LogP contribution in [0.4, 0.5) is 28.6 Å². The highest BCUT2D eigenvalue weighted by Gasteiger charge is 2.50. The molecule has 0 radical (unpaired) electrons. The van der Waals surface area contributed by atoms with Crippen LogP contribution in [0.25, 0.3) is 16.5 Å². The first-order valence-corrected chi connectivity index (χ1v) is 27.1. The van der Waals surface area contributed by atoms with Gasteiger partial charge in [0.15, 0.2) is 0 Å². The lowest BCUT2D eigenvalue weighted by atomic mass is 9.32. The Morgan fingerprint density at radius 3 is 1.80 bits per heavy atom. The molecule has 5 aromatic rings. The van der Waals surface area contributed by atoms with E-state index in [1.54, 1.807) is 0 Å². The van der Waals surface area contributed by atoms with Crippen molar-refractivity contribution in [3.8, 4) is 11.8 Å². The van der Waals surface area contributed by atoms with Crippen LogP contribution in [-0.4, -0.2) is 6.71 Å². The lowest BCUT2D eigenvalue weighted by Gasteiger charge is -2.45. The minimum atomic E-state index is -0.163. The highest BCUT2D eigenvalue weighted by atomic mass is 16.4. The van der Waals surface area contributed by atoms with Gasteiger partial charge in [0, 0.05) is 39.9 Å². The summed E-state index contributed by atoms with van der Waals surface area (Å²) in [5, 5.41) is 1.23. The molecule has 0 amide bonds. The fourth-order valence-corrected chi connectivity index (χ4v) is 13.0. The van der Waals surface area contributed by atoms with Crippen LogP contribution >= 0.6 is 0 Å². The van der Waals surface area contributed by atoms with E-state index in [0.717, 1.165) is 55.7 Å². The average molecular weight is 939 g/mol. The van der Waals surface area contributed by atoms with Crippen LogP contribution in [0.15, 0.2) is 106 Å². The third-order valence-electron chi connectivity index (χ3n) is 18.1. The maximum atomic E-state index is 7.68. The van der Waals surface area contributed by atoms with Gasteiger partial charge < -0.3 is 9.32 Å². The summed E-state index contributed by atoms with van der Waals surface area (Å²) in [5.74, 6) is 8.73. The number of allylic oxidation sites excluding steroid dienone is 8. The number of rotatable bonds is 3. The first-order chi connectivity index (χ1) is 33.1. The van der Waals surface area contributed by atoms with Crippen LogP contribution in [-0.2, 0) is 32.5 Å². The van der Waals surface area contributed by atoms with Crippen molar-refractivity contribution in [3.05, 3.63) is 141 Å². The predicted molar refractivity (Wildman–Crippen MR) is 306 cm³/mol. The number of furan rings is 1. The molecule has 4 heteroatoms. The smallest absolute Gasteiger partial charge is 0.258 e. The van der Waals surface area contributed by atoms with E-state index in [2.05, 4.69) is 224 Å². The van der Waals surface area contributed by atoms with E-state index in [1.165, 1.54) is 101 Å². The van der Waals surface area contributed by atoms with E-state index < -0.39 is 0 Å². The summed E-state index contributed by atoms with van der Waals surface area (Å²) in [6.07, 6.45) is 16.9. The molecule has 11 rings (SSSR count). The second kappa shape index (κ2) is 15.6. The van der Waals surface area contributed by atoms with Crippen molar-refractivity contribution in [3.63, 3.8) is 0 Å². The number of benzene rings is 4. The molecule has 0 N–H and O–H groups in total. The van der Waals surface area contributed by atoms with Gasteiger partial charge in [-0.1, -0.05) is 166 Å². The van der Waals surface area contributed by atoms with E-state index >= 15 is 0 Å². The predicted octanol–water partition coefficient (Wildman–Crippen LogP) is 17.2. The Morgan fingerprint density at radius 2 is 1.20 bits per heavy atom. The fraction of sp³-hybridized carbons (Fsp3) is 0.463. The minimum absolute atomic E-state index is 0.0194. The van der Waals surface area contributed by atoms with Crippen molar-refractivity contribution < 1.29 is 4.42 Å². The lowest BCUT2D eigenvalue weighted by Crippen LogP contribution is -2.55. The number of hydrogen-bond acceptors (Lipinski definition) is 3. The van der Waals surface area contributed by atoms with Crippen LogP contribution in [0, 0.1) is 17.3 Å². The largest absolute Gasteiger partial charge is 0.440 e. The molecule has 1 aromatic heterocycles. The molecule has 4 aliphatic carbocycles. The molecule has 71 heavy (non-hydrogen) atoms. The molecule has 0 fully saturated rings. The minimum Gasteiger partial charge on any atom is -0.440 e.